The fourth-order valence-corrected chi connectivity index (χ4v) is 5.96. The van der Waals surface area contributed by atoms with E-state index in [1.165, 1.54) is 35.5 Å². The molecule has 9 nitrogen and oxygen atoms in total. The molecule has 43 heavy (non-hydrogen) atoms. The van der Waals surface area contributed by atoms with Gasteiger partial charge in [0.1, 0.15) is 13.2 Å². The highest BCUT2D eigenvalue weighted by Crippen LogP contribution is 2.30. The molecular weight excluding hydrogens is 583 g/mol. The summed E-state index contributed by atoms with van der Waals surface area (Å²) in [5, 5.41) is 6.23. The van der Waals surface area contributed by atoms with Crippen LogP contribution in [0.15, 0.2) is 84.1 Å². The molecule has 0 bridgehead atoms. The number of nitrogens with zero attached hydrogens (tertiary/aromatic N) is 3. The highest BCUT2D eigenvalue weighted by atomic mass is 32.1. The Hall–Kier alpha value is -3.80. The maximum Gasteiger partial charge on any atom is 0.407 e. The summed E-state index contributed by atoms with van der Waals surface area (Å²) < 4.78 is 11.0. The summed E-state index contributed by atoms with van der Waals surface area (Å²) in [4.78, 5) is 38.0. The standard InChI is InChI=1S/C32H37N5O4S2/c38-31(40-20-29-15-33-22-42-29)35-27(13-24-7-3-1-4-8-24)18-37(17-26-11-12-26)19-28(14-25-9-5-2-6-10-25)36-32(39)41-21-30-16-34-23-43-30/h1-10,15-16,22-23,26-28H,11-14,17-21H2,(H,35,38)(H,36,39)/t27-,28-/m0/s1. The van der Waals surface area contributed by atoms with Crippen molar-refractivity contribution in [1.29, 1.82) is 0 Å². The van der Waals surface area contributed by atoms with E-state index >= 15 is 0 Å². The van der Waals surface area contributed by atoms with E-state index in [2.05, 4.69) is 49.8 Å². The molecule has 2 atom stereocenters. The topological polar surface area (TPSA) is 106 Å². The van der Waals surface area contributed by atoms with Crippen molar-refractivity contribution in [1.82, 2.24) is 25.5 Å². The van der Waals surface area contributed by atoms with Gasteiger partial charge in [0.05, 0.1) is 20.8 Å². The van der Waals surface area contributed by atoms with Gasteiger partial charge in [-0.3, -0.25) is 14.9 Å². The second-order valence-electron chi connectivity index (χ2n) is 10.8. The zero-order chi connectivity index (χ0) is 29.7. The summed E-state index contributed by atoms with van der Waals surface area (Å²) in [6.45, 7) is 2.50. The Labute approximate surface area is 260 Å². The second-order valence-corrected chi connectivity index (χ2v) is 12.8. The number of hydrogen-bond acceptors (Lipinski definition) is 9. The predicted octanol–water partition coefficient (Wildman–Crippen LogP) is 5.69. The molecule has 0 radical (unpaired) electrons. The van der Waals surface area contributed by atoms with Crippen molar-refractivity contribution < 1.29 is 19.1 Å². The monoisotopic (exact) mass is 619 g/mol. The second kappa shape index (κ2) is 16.2. The molecule has 2 aromatic heterocycles. The van der Waals surface area contributed by atoms with Crippen molar-refractivity contribution in [3.05, 3.63) is 105 Å². The van der Waals surface area contributed by atoms with Gasteiger partial charge in [0.2, 0.25) is 0 Å². The number of carbonyl (C=O) groups is 2. The summed E-state index contributed by atoms with van der Waals surface area (Å²) in [7, 11) is 0. The lowest BCUT2D eigenvalue weighted by Gasteiger charge is -2.31. The van der Waals surface area contributed by atoms with Crippen LogP contribution in [0.5, 0.6) is 0 Å². The van der Waals surface area contributed by atoms with Crippen LogP contribution < -0.4 is 10.6 Å². The lowest BCUT2D eigenvalue weighted by Crippen LogP contribution is -2.51. The van der Waals surface area contributed by atoms with Crippen molar-refractivity contribution in [2.45, 2.75) is 51.0 Å². The summed E-state index contributed by atoms with van der Waals surface area (Å²) in [6.07, 6.45) is 6.21. The minimum absolute atomic E-state index is 0.188. The van der Waals surface area contributed by atoms with Crippen LogP contribution in [0.3, 0.4) is 0 Å². The highest BCUT2D eigenvalue weighted by Gasteiger charge is 2.29. The summed E-state index contributed by atoms with van der Waals surface area (Å²) in [6, 6.07) is 19.9. The first kappa shape index (κ1) is 30.7. The maximum absolute atomic E-state index is 12.9. The molecule has 2 aromatic carbocycles. The van der Waals surface area contributed by atoms with Crippen molar-refractivity contribution >= 4 is 34.9 Å². The van der Waals surface area contributed by atoms with Gasteiger partial charge in [-0.1, -0.05) is 60.7 Å². The van der Waals surface area contributed by atoms with E-state index in [1.807, 2.05) is 36.4 Å². The molecule has 2 heterocycles. The largest absolute Gasteiger partial charge is 0.444 e. The number of rotatable bonds is 16. The van der Waals surface area contributed by atoms with Crippen molar-refractivity contribution in [2.75, 3.05) is 19.6 Å². The van der Waals surface area contributed by atoms with Crippen molar-refractivity contribution in [3.8, 4) is 0 Å². The van der Waals surface area contributed by atoms with Crippen molar-refractivity contribution in [2.24, 2.45) is 5.92 Å². The average Bonchev–Trinajstić information content (AvgIpc) is 3.42. The van der Waals surface area contributed by atoms with Gasteiger partial charge in [-0.05, 0) is 42.7 Å². The Morgan fingerprint density at radius 1 is 0.767 bits per heavy atom. The first-order valence-corrected chi connectivity index (χ1v) is 16.3. The average molecular weight is 620 g/mol. The third-order valence-corrected chi connectivity index (χ3v) is 8.63. The molecule has 1 fully saturated rings. The molecule has 0 aliphatic heterocycles. The van der Waals surface area contributed by atoms with E-state index in [9.17, 15) is 9.59 Å². The van der Waals surface area contributed by atoms with Gasteiger partial charge in [0, 0.05) is 44.1 Å². The van der Waals surface area contributed by atoms with Crippen LogP contribution in [0.25, 0.3) is 0 Å². The number of hydrogen-bond donors (Lipinski definition) is 2. The summed E-state index contributed by atoms with van der Waals surface area (Å²) in [5.41, 5.74) is 5.71. The van der Waals surface area contributed by atoms with E-state index in [-0.39, 0.29) is 25.3 Å². The SMILES string of the molecule is O=C(N[C@@H](Cc1ccccc1)CN(CC1CC1)C[C@H](Cc1ccccc1)NC(=O)OCc1cncs1)OCc1cncs1. The number of amides is 2. The molecule has 4 aromatic rings. The molecule has 226 valence electrons. The molecule has 1 aliphatic rings. The lowest BCUT2D eigenvalue weighted by atomic mass is 10.0. The molecule has 2 N–H and O–H groups in total. The van der Waals surface area contributed by atoms with Crippen LogP contribution in [0.1, 0.15) is 33.7 Å². The van der Waals surface area contributed by atoms with E-state index in [0.29, 0.717) is 31.8 Å². The number of nitrogens with one attached hydrogen (secondary N) is 2. The van der Waals surface area contributed by atoms with Gasteiger partial charge >= 0.3 is 12.2 Å². The lowest BCUT2D eigenvalue weighted by molar-refractivity contribution is 0.126. The van der Waals surface area contributed by atoms with Crippen LogP contribution in [-0.4, -0.2) is 58.8 Å². The number of benzene rings is 2. The first-order chi connectivity index (χ1) is 21.1. The van der Waals surface area contributed by atoms with Crippen LogP contribution >= 0.6 is 22.7 Å². The van der Waals surface area contributed by atoms with Crippen molar-refractivity contribution in [3.63, 3.8) is 0 Å². The number of ether oxygens (including phenoxy) is 2. The van der Waals surface area contributed by atoms with Crippen LogP contribution in [0.4, 0.5) is 9.59 Å². The molecular formula is C32H37N5O4S2. The first-order valence-electron chi connectivity index (χ1n) is 14.5. The molecule has 0 unspecified atom stereocenters. The number of aromatic nitrogens is 2. The normalized spacial score (nSPS) is 14.2. The fourth-order valence-electron chi connectivity index (χ4n) is 4.95. The minimum Gasteiger partial charge on any atom is -0.444 e. The molecule has 11 heteroatoms. The van der Waals surface area contributed by atoms with Gasteiger partial charge in [0.25, 0.3) is 0 Å². The molecule has 2 amide bonds. The Morgan fingerprint density at radius 3 is 1.63 bits per heavy atom. The number of thiazole rings is 2. The summed E-state index contributed by atoms with van der Waals surface area (Å²) >= 11 is 2.91. The number of alkyl carbamates (subject to hydrolysis) is 2. The van der Waals surface area contributed by atoms with E-state index in [0.717, 1.165) is 27.4 Å². The molecule has 1 saturated carbocycles. The fraction of sp³-hybridized carbons (Fsp3) is 0.375. The Morgan fingerprint density at radius 2 is 1.23 bits per heavy atom. The smallest absolute Gasteiger partial charge is 0.407 e. The van der Waals surface area contributed by atoms with E-state index < -0.39 is 12.2 Å². The molecule has 0 spiro atoms. The Kier molecular flexibility index (Phi) is 11.5. The summed E-state index contributed by atoms with van der Waals surface area (Å²) in [5.74, 6) is 0.617. The number of carbonyl (C=O) groups excluding carboxylic acids is 2. The Bertz CT molecular complexity index is 1270. The van der Waals surface area contributed by atoms with Gasteiger partial charge < -0.3 is 20.1 Å². The third kappa shape index (κ3) is 11.1. The quantitative estimate of drug-likeness (QED) is 0.166. The van der Waals surface area contributed by atoms with Gasteiger partial charge in [-0.15, -0.1) is 22.7 Å². The highest BCUT2D eigenvalue weighted by molar-refractivity contribution is 7.09. The predicted molar refractivity (Wildman–Crippen MR) is 168 cm³/mol. The zero-order valence-corrected chi connectivity index (χ0v) is 25.6. The van der Waals surface area contributed by atoms with Gasteiger partial charge in [-0.25, -0.2) is 9.59 Å². The van der Waals surface area contributed by atoms with Gasteiger partial charge in [-0.2, -0.15) is 0 Å². The molecule has 0 saturated heterocycles. The van der Waals surface area contributed by atoms with Crippen LogP contribution in [-0.2, 0) is 35.5 Å². The van der Waals surface area contributed by atoms with Gasteiger partial charge in [0.15, 0.2) is 0 Å². The minimum atomic E-state index is -0.452. The molecule has 5 rings (SSSR count). The van der Waals surface area contributed by atoms with Crippen LogP contribution in [0.2, 0.25) is 0 Å². The zero-order valence-electron chi connectivity index (χ0n) is 24.0. The molecule has 1 aliphatic carbocycles. The van der Waals surface area contributed by atoms with E-state index in [1.54, 1.807) is 23.4 Å². The van der Waals surface area contributed by atoms with E-state index in [4.69, 9.17) is 9.47 Å². The van der Waals surface area contributed by atoms with Crippen LogP contribution in [0, 0.1) is 5.92 Å². The Balaban J connectivity index is 1.27. The third-order valence-electron chi connectivity index (χ3n) is 7.12. The maximum atomic E-state index is 12.9.